The van der Waals surface area contributed by atoms with Gasteiger partial charge in [-0.2, -0.15) is 0 Å². The molecule has 1 atom stereocenters. The molecule has 2 fully saturated rings. The summed E-state index contributed by atoms with van der Waals surface area (Å²) in [5, 5.41) is 2.76. The first-order chi connectivity index (χ1) is 18.1. The summed E-state index contributed by atoms with van der Waals surface area (Å²) in [6.45, 7) is 0.954. The van der Waals surface area contributed by atoms with E-state index in [0.717, 1.165) is 53.8 Å². The van der Waals surface area contributed by atoms with E-state index in [1.54, 1.807) is 6.20 Å². The number of nitrogen functional groups attached to an aromatic ring is 1. The first kappa shape index (κ1) is 23.3. The van der Waals surface area contributed by atoms with Gasteiger partial charge in [-0.3, -0.25) is 9.72 Å². The smallest absolute Gasteiger partial charge is 0.413 e. The minimum Gasteiger partial charge on any atom is -0.489 e. The first-order valence-corrected chi connectivity index (χ1v) is 12.7. The number of imidazole rings is 1. The number of nitrogens with one attached hydrogen (secondary N) is 1. The number of hydrogen-bond donors (Lipinski definition) is 2. The van der Waals surface area contributed by atoms with Crippen LogP contribution in [0.15, 0.2) is 60.9 Å². The number of ether oxygens (including phenoxy) is 3. The summed E-state index contributed by atoms with van der Waals surface area (Å²) in [5.41, 5.74) is 10.4. The van der Waals surface area contributed by atoms with E-state index in [1.165, 1.54) is 6.42 Å². The maximum absolute atomic E-state index is 12.1. The van der Waals surface area contributed by atoms with Gasteiger partial charge in [0.15, 0.2) is 0 Å². The van der Waals surface area contributed by atoms with Crippen LogP contribution in [0.25, 0.3) is 16.8 Å². The molecule has 1 saturated carbocycles. The van der Waals surface area contributed by atoms with Gasteiger partial charge in [0.2, 0.25) is 6.29 Å². The van der Waals surface area contributed by atoms with E-state index < -0.39 is 12.4 Å². The highest BCUT2D eigenvalue weighted by Crippen LogP contribution is 2.39. The Bertz CT molecular complexity index is 1430. The van der Waals surface area contributed by atoms with Crippen molar-refractivity contribution in [3.8, 4) is 17.0 Å². The van der Waals surface area contributed by atoms with E-state index >= 15 is 0 Å². The van der Waals surface area contributed by atoms with Gasteiger partial charge in [0.05, 0.1) is 6.61 Å². The fraction of sp³-hybridized carbons (Fsp3) is 0.321. The van der Waals surface area contributed by atoms with Crippen LogP contribution in [0.3, 0.4) is 0 Å². The highest BCUT2D eigenvalue weighted by Gasteiger charge is 2.27. The second-order valence-electron chi connectivity index (χ2n) is 9.47. The quantitative estimate of drug-likeness (QED) is 0.345. The molecule has 2 aliphatic rings. The highest BCUT2D eigenvalue weighted by atomic mass is 16.7. The zero-order chi connectivity index (χ0) is 25.2. The lowest BCUT2D eigenvalue weighted by Gasteiger charge is -2.23. The number of benzene rings is 2. The molecule has 0 radical (unpaired) electrons. The van der Waals surface area contributed by atoms with Crippen molar-refractivity contribution in [2.75, 3.05) is 17.7 Å². The van der Waals surface area contributed by atoms with Gasteiger partial charge in [-0.25, -0.2) is 14.8 Å². The molecule has 9 nitrogen and oxygen atoms in total. The minimum absolute atomic E-state index is 0.334. The molecule has 1 aliphatic heterocycles. The van der Waals surface area contributed by atoms with E-state index in [0.29, 0.717) is 36.4 Å². The largest absolute Gasteiger partial charge is 0.489 e. The Kier molecular flexibility index (Phi) is 6.36. The third kappa shape index (κ3) is 4.95. The van der Waals surface area contributed by atoms with Crippen LogP contribution in [0.4, 0.5) is 16.3 Å². The zero-order valence-corrected chi connectivity index (χ0v) is 20.4. The Hall–Kier alpha value is -4.11. The summed E-state index contributed by atoms with van der Waals surface area (Å²) in [5.74, 6) is 2.66. The molecule has 37 heavy (non-hydrogen) atoms. The number of hydrogen-bond acceptors (Lipinski definition) is 7. The topological polar surface area (TPSA) is 113 Å². The maximum atomic E-state index is 12.1. The second-order valence-corrected chi connectivity index (χ2v) is 9.47. The number of aromatic nitrogens is 3. The predicted octanol–water partition coefficient (Wildman–Crippen LogP) is 5.51. The van der Waals surface area contributed by atoms with Crippen molar-refractivity contribution in [3.05, 3.63) is 72.3 Å². The average molecular weight is 500 g/mol. The van der Waals surface area contributed by atoms with E-state index in [1.807, 2.05) is 54.7 Å². The normalized spacial score (nSPS) is 17.5. The molecule has 0 spiro atoms. The lowest BCUT2D eigenvalue weighted by atomic mass is 9.85. The number of amides is 1. The van der Waals surface area contributed by atoms with Crippen molar-refractivity contribution in [2.45, 2.75) is 50.9 Å². The monoisotopic (exact) mass is 499 g/mol. The fourth-order valence-electron chi connectivity index (χ4n) is 4.79. The van der Waals surface area contributed by atoms with Crippen LogP contribution < -0.4 is 15.8 Å². The van der Waals surface area contributed by atoms with Crippen LogP contribution in [0.5, 0.6) is 5.75 Å². The molecule has 0 bridgehead atoms. The zero-order valence-electron chi connectivity index (χ0n) is 20.4. The van der Waals surface area contributed by atoms with Gasteiger partial charge in [0.1, 0.15) is 35.2 Å². The number of fused-ring (bicyclic) bond motifs is 1. The van der Waals surface area contributed by atoms with Gasteiger partial charge < -0.3 is 19.9 Å². The average Bonchev–Trinajstić information content (AvgIpc) is 3.51. The SMILES string of the molecule is Nc1nccn2c(C3CCC3)nc(-c3cccc(OCc4cccc(NC(=O)OC5CCCO5)c4)c3)c12. The van der Waals surface area contributed by atoms with Crippen LogP contribution in [0.2, 0.25) is 0 Å². The van der Waals surface area contributed by atoms with Crippen LogP contribution >= 0.6 is 0 Å². The van der Waals surface area contributed by atoms with Crippen LogP contribution in [0.1, 0.15) is 49.4 Å². The Morgan fingerprint density at radius 3 is 2.84 bits per heavy atom. The molecule has 1 unspecified atom stereocenters. The summed E-state index contributed by atoms with van der Waals surface area (Å²) in [7, 11) is 0. The van der Waals surface area contributed by atoms with Crippen molar-refractivity contribution >= 4 is 23.1 Å². The molecule has 2 aromatic heterocycles. The molecule has 2 aromatic carbocycles. The molecule has 1 saturated heterocycles. The third-order valence-electron chi connectivity index (χ3n) is 6.89. The van der Waals surface area contributed by atoms with Gasteiger partial charge in [-0.1, -0.05) is 30.7 Å². The molecule has 4 aromatic rings. The van der Waals surface area contributed by atoms with Crippen LogP contribution in [-0.2, 0) is 16.1 Å². The number of anilines is 2. The van der Waals surface area contributed by atoms with E-state index in [-0.39, 0.29) is 0 Å². The molecule has 3 N–H and O–H groups in total. The summed E-state index contributed by atoms with van der Waals surface area (Å²) < 4.78 is 18.8. The highest BCUT2D eigenvalue weighted by molar-refractivity contribution is 5.86. The molecule has 1 amide bonds. The predicted molar refractivity (Wildman–Crippen MR) is 139 cm³/mol. The number of nitrogens with zero attached hydrogens (tertiary/aromatic N) is 3. The van der Waals surface area contributed by atoms with Crippen molar-refractivity contribution in [1.82, 2.24) is 14.4 Å². The number of carbonyl (C=O) groups is 1. The van der Waals surface area contributed by atoms with Crippen molar-refractivity contribution < 1.29 is 19.0 Å². The minimum atomic E-state index is -0.528. The van der Waals surface area contributed by atoms with Crippen LogP contribution in [-0.4, -0.2) is 33.4 Å². The lowest BCUT2D eigenvalue weighted by Crippen LogP contribution is -2.21. The third-order valence-corrected chi connectivity index (χ3v) is 6.89. The maximum Gasteiger partial charge on any atom is 0.413 e. The van der Waals surface area contributed by atoms with Crippen molar-refractivity contribution in [1.29, 1.82) is 0 Å². The summed E-state index contributed by atoms with van der Waals surface area (Å²) in [6.07, 6.45) is 7.80. The van der Waals surface area contributed by atoms with Gasteiger partial charge in [-0.05, 0) is 49.1 Å². The molecular formula is C28H29N5O4. The Morgan fingerprint density at radius 1 is 1.14 bits per heavy atom. The molecule has 3 heterocycles. The number of nitrogens with two attached hydrogens (primary N) is 1. The van der Waals surface area contributed by atoms with Crippen LogP contribution in [0, 0.1) is 0 Å². The van der Waals surface area contributed by atoms with Gasteiger partial charge in [-0.15, -0.1) is 0 Å². The first-order valence-electron chi connectivity index (χ1n) is 12.7. The molecule has 1 aliphatic carbocycles. The Morgan fingerprint density at radius 2 is 2.03 bits per heavy atom. The number of carbonyl (C=O) groups excluding carboxylic acids is 1. The summed E-state index contributed by atoms with van der Waals surface area (Å²) in [6, 6.07) is 15.3. The van der Waals surface area contributed by atoms with Gasteiger partial charge in [0, 0.05) is 36.0 Å². The lowest BCUT2D eigenvalue weighted by molar-refractivity contribution is -0.0633. The van der Waals surface area contributed by atoms with E-state index in [4.69, 9.17) is 24.9 Å². The molecule has 6 rings (SSSR count). The van der Waals surface area contributed by atoms with Crippen molar-refractivity contribution in [3.63, 3.8) is 0 Å². The second kappa shape index (κ2) is 10.1. The molecule has 190 valence electrons. The molecule has 9 heteroatoms. The van der Waals surface area contributed by atoms with Gasteiger partial charge >= 0.3 is 6.09 Å². The Labute approximate surface area is 214 Å². The van der Waals surface area contributed by atoms with E-state index in [2.05, 4.69) is 14.7 Å². The fourth-order valence-corrected chi connectivity index (χ4v) is 4.79. The number of rotatable bonds is 7. The molecular weight excluding hydrogens is 470 g/mol. The van der Waals surface area contributed by atoms with Gasteiger partial charge in [0.25, 0.3) is 0 Å². The standard InChI is InChI=1S/C28H29N5O4/c29-26-25-24(32-27(19-6-2-7-19)33(25)13-12-30-26)20-8-3-10-22(16-20)36-17-18-5-1-9-21(15-18)31-28(34)37-23-11-4-14-35-23/h1,3,5,8-10,12-13,15-16,19,23H,2,4,6-7,11,14,17H2,(H2,29,30)(H,31,34). The Balaban J connectivity index is 1.17. The summed E-state index contributed by atoms with van der Waals surface area (Å²) >= 11 is 0. The van der Waals surface area contributed by atoms with Crippen molar-refractivity contribution in [2.24, 2.45) is 0 Å². The summed E-state index contributed by atoms with van der Waals surface area (Å²) in [4.78, 5) is 21.5. The van der Waals surface area contributed by atoms with E-state index in [9.17, 15) is 4.79 Å².